The fourth-order valence-electron chi connectivity index (χ4n) is 3.11. The number of hydrazine groups is 1. The molecule has 192 valence electrons. The van der Waals surface area contributed by atoms with Crippen molar-refractivity contribution >= 4 is 35.1 Å². The fourth-order valence-corrected chi connectivity index (χ4v) is 3.25. The quantitative estimate of drug-likeness (QED) is 0.174. The summed E-state index contributed by atoms with van der Waals surface area (Å²) in [6.45, 7) is 0.925. The molecule has 0 bridgehead atoms. The van der Waals surface area contributed by atoms with Crippen LogP contribution in [0.3, 0.4) is 0 Å². The van der Waals surface area contributed by atoms with Gasteiger partial charge in [-0.1, -0.05) is 60.7 Å². The van der Waals surface area contributed by atoms with Gasteiger partial charge in [-0.3, -0.25) is 30.6 Å². The zero-order valence-corrected chi connectivity index (χ0v) is 20.9. The highest BCUT2D eigenvalue weighted by Crippen LogP contribution is 2.18. The lowest BCUT2D eigenvalue weighted by atomic mass is 10.2. The molecular weight excluding hydrogens is 492 g/mol. The molecule has 37 heavy (non-hydrogen) atoms. The van der Waals surface area contributed by atoms with Gasteiger partial charge in [0.15, 0.2) is 5.11 Å². The van der Waals surface area contributed by atoms with Crippen molar-refractivity contribution in [3.05, 3.63) is 96.1 Å². The van der Waals surface area contributed by atoms with Crippen LogP contribution < -0.4 is 31.0 Å². The summed E-state index contributed by atoms with van der Waals surface area (Å²) in [7, 11) is 0. The Morgan fingerprint density at radius 1 is 0.703 bits per heavy atom. The lowest BCUT2D eigenvalue weighted by molar-refractivity contribution is -0.126. The van der Waals surface area contributed by atoms with E-state index in [-0.39, 0.29) is 36.0 Å². The molecule has 0 radical (unpaired) electrons. The number of hydrogen-bond acceptors (Lipinski definition) is 6. The highest BCUT2D eigenvalue weighted by atomic mass is 32.1. The maximum absolute atomic E-state index is 12.7. The van der Waals surface area contributed by atoms with E-state index in [4.69, 9.17) is 21.7 Å². The van der Waals surface area contributed by atoms with Crippen LogP contribution in [0.5, 0.6) is 11.5 Å². The third kappa shape index (κ3) is 9.98. The number of carbonyl (C=O) groups excluding carboxylic acids is 3. The van der Waals surface area contributed by atoms with Crippen molar-refractivity contribution in [2.45, 2.75) is 19.4 Å². The van der Waals surface area contributed by atoms with E-state index in [2.05, 4.69) is 21.5 Å². The molecule has 0 saturated heterocycles. The molecule has 3 amide bonds. The van der Waals surface area contributed by atoms with Crippen molar-refractivity contribution in [3.63, 3.8) is 0 Å². The normalized spacial score (nSPS) is 10.1. The lowest BCUT2D eigenvalue weighted by Gasteiger charge is -2.14. The fraction of sp³-hybridized carbons (Fsp3) is 0.185. The summed E-state index contributed by atoms with van der Waals surface area (Å²) in [6.07, 6.45) is -0.0376. The van der Waals surface area contributed by atoms with Crippen LogP contribution in [0.2, 0.25) is 0 Å². The minimum absolute atomic E-state index is 0.0121. The monoisotopic (exact) mass is 520 g/mol. The highest BCUT2D eigenvalue weighted by molar-refractivity contribution is 7.80. The van der Waals surface area contributed by atoms with E-state index in [9.17, 15) is 14.4 Å². The van der Waals surface area contributed by atoms with Gasteiger partial charge < -0.3 is 14.8 Å². The van der Waals surface area contributed by atoms with Gasteiger partial charge in [0.1, 0.15) is 24.7 Å². The number of ether oxygens (including phenoxy) is 2. The molecule has 0 spiro atoms. The first-order valence-electron chi connectivity index (χ1n) is 11.6. The Morgan fingerprint density at radius 3 is 2.08 bits per heavy atom. The number of hydrogen-bond donors (Lipinski definition) is 4. The van der Waals surface area contributed by atoms with Gasteiger partial charge in [0.05, 0.1) is 5.56 Å². The van der Waals surface area contributed by atoms with Gasteiger partial charge in [0, 0.05) is 19.4 Å². The first-order chi connectivity index (χ1) is 18.0. The summed E-state index contributed by atoms with van der Waals surface area (Å²) in [5.41, 5.74) is 6.07. The number of nitrogens with one attached hydrogen (secondary N) is 4. The molecule has 0 atom stereocenters. The van der Waals surface area contributed by atoms with Crippen LogP contribution in [-0.2, 0) is 16.1 Å². The third-order valence-corrected chi connectivity index (χ3v) is 5.14. The smallest absolute Gasteiger partial charge is 0.261 e. The molecule has 3 aromatic rings. The number of rotatable bonds is 11. The van der Waals surface area contributed by atoms with Crippen LogP contribution in [0.4, 0.5) is 0 Å². The molecule has 4 N–H and O–H groups in total. The van der Waals surface area contributed by atoms with Gasteiger partial charge in [0.25, 0.3) is 5.91 Å². The Kier molecular flexibility index (Phi) is 10.9. The van der Waals surface area contributed by atoms with E-state index in [0.29, 0.717) is 18.9 Å². The maximum atomic E-state index is 12.7. The summed E-state index contributed by atoms with van der Waals surface area (Å²) >= 11 is 5.09. The summed E-state index contributed by atoms with van der Waals surface area (Å²) < 4.78 is 11.3. The molecule has 9 nitrogen and oxygen atoms in total. The second-order valence-corrected chi connectivity index (χ2v) is 8.13. The predicted octanol–water partition coefficient (Wildman–Crippen LogP) is 2.88. The number of para-hydroxylation sites is 2. The second kappa shape index (κ2) is 14.8. The van der Waals surface area contributed by atoms with E-state index >= 15 is 0 Å². The molecule has 0 aromatic heterocycles. The number of thiocarbonyl (C=S) groups is 1. The summed E-state index contributed by atoms with van der Waals surface area (Å²) in [6, 6.07) is 25.5. The Balaban J connectivity index is 1.35. The minimum Gasteiger partial charge on any atom is -0.490 e. The van der Waals surface area contributed by atoms with Gasteiger partial charge in [0.2, 0.25) is 11.8 Å². The second-order valence-electron chi connectivity index (χ2n) is 7.72. The standard InChI is InChI=1S/C27H28N4O5S/c32-24(28-19-20-9-3-1-4-10-20)15-16-25(33)30-31-27(37)29-26(34)22-13-7-8-14-23(22)36-18-17-35-21-11-5-2-6-12-21/h1-14H,15-19H2,(H,28,32)(H,30,33)(H2,29,31,34,37). The summed E-state index contributed by atoms with van der Waals surface area (Å²) in [4.78, 5) is 36.6. The molecule has 3 rings (SSSR count). The van der Waals surface area contributed by atoms with E-state index in [0.717, 1.165) is 11.3 Å². The Morgan fingerprint density at radius 2 is 1.32 bits per heavy atom. The first kappa shape index (κ1) is 27.2. The van der Waals surface area contributed by atoms with E-state index in [1.807, 2.05) is 60.7 Å². The molecule has 0 heterocycles. The van der Waals surface area contributed by atoms with Gasteiger partial charge >= 0.3 is 0 Å². The Hall–Kier alpha value is -4.44. The van der Waals surface area contributed by atoms with Crippen LogP contribution >= 0.6 is 12.2 Å². The molecular formula is C27H28N4O5S. The minimum atomic E-state index is -0.508. The van der Waals surface area contributed by atoms with E-state index in [1.165, 1.54) is 0 Å². The topological polar surface area (TPSA) is 118 Å². The van der Waals surface area contributed by atoms with Crippen molar-refractivity contribution < 1.29 is 23.9 Å². The Labute approximate surface area is 220 Å². The maximum Gasteiger partial charge on any atom is 0.261 e. The van der Waals surface area contributed by atoms with Gasteiger partial charge in [-0.2, -0.15) is 0 Å². The zero-order valence-electron chi connectivity index (χ0n) is 20.1. The lowest BCUT2D eigenvalue weighted by Crippen LogP contribution is -2.48. The van der Waals surface area contributed by atoms with E-state index < -0.39 is 11.8 Å². The van der Waals surface area contributed by atoms with Crippen molar-refractivity contribution in [1.82, 2.24) is 21.5 Å². The molecule has 0 fully saturated rings. The largest absolute Gasteiger partial charge is 0.490 e. The SMILES string of the molecule is O=C(CCC(=O)NNC(=S)NC(=O)c1ccccc1OCCOc1ccccc1)NCc1ccccc1. The van der Waals surface area contributed by atoms with Crippen molar-refractivity contribution in [3.8, 4) is 11.5 Å². The van der Waals surface area contributed by atoms with Crippen molar-refractivity contribution in [2.75, 3.05) is 13.2 Å². The van der Waals surface area contributed by atoms with Crippen LogP contribution in [0.25, 0.3) is 0 Å². The van der Waals surface area contributed by atoms with Crippen LogP contribution in [0.1, 0.15) is 28.8 Å². The van der Waals surface area contributed by atoms with Crippen LogP contribution in [0.15, 0.2) is 84.9 Å². The molecule has 0 unspecified atom stereocenters. The first-order valence-corrected chi connectivity index (χ1v) is 12.0. The summed E-state index contributed by atoms with van der Waals surface area (Å²) in [5, 5.41) is 5.14. The molecule has 10 heteroatoms. The molecule has 0 aliphatic rings. The number of benzene rings is 3. The van der Waals surface area contributed by atoms with Crippen LogP contribution in [0, 0.1) is 0 Å². The van der Waals surface area contributed by atoms with Gasteiger partial charge in [-0.25, -0.2) is 0 Å². The summed E-state index contributed by atoms with van der Waals surface area (Å²) in [5.74, 6) is -0.116. The van der Waals surface area contributed by atoms with E-state index in [1.54, 1.807) is 24.3 Å². The average molecular weight is 521 g/mol. The molecule has 0 aliphatic carbocycles. The Bertz CT molecular complexity index is 1190. The number of amides is 3. The predicted molar refractivity (Wildman–Crippen MR) is 143 cm³/mol. The number of carbonyl (C=O) groups is 3. The third-order valence-electron chi connectivity index (χ3n) is 4.94. The van der Waals surface area contributed by atoms with Gasteiger partial charge in [-0.05, 0) is 42.0 Å². The molecule has 0 saturated carbocycles. The van der Waals surface area contributed by atoms with Crippen molar-refractivity contribution in [2.24, 2.45) is 0 Å². The van der Waals surface area contributed by atoms with Gasteiger partial charge in [-0.15, -0.1) is 0 Å². The average Bonchev–Trinajstić information content (AvgIpc) is 2.93. The molecule has 0 aliphatic heterocycles. The zero-order chi connectivity index (χ0) is 26.3. The van der Waals surface area contributed by atoms with Crippen molar-refractivity contribution in [1.29, 1.82) is 0 Å². The highest BCUT2D eigenvalue weighted by Gasteiger charge is 2.14. The van der Waals surface area contributed by atoms with Crippen LogP contribution in [-0.4, -0.2) is 36.0 Å². The molecule has 3 aromatic carbocycles.